The van der Waals surface area contributed by atoms with E-state index in [1.54, 1.807) is 12.1 Å². The molecule has 0 amide bonds. The maximum Gasteiger partial charge on any atom is 0.318 e. The minimum atomic E-state index is -0.893. The van der Waals surface area contributed by atoms with Gasteiger partial charge in [-0.25, -0.2) is 0 Å². The van der Waals surface area contributed by atoms with Gasteiger partial charge in [-0.1, -0.05) is 42.1 Å². The van der Waals surface area contributed by atoms with Crippen LogP contribution in [0.3, 0.4) is 0 Å². The largest absolute Gasteiger partial charge is 0.507 e. The molecule has 118 valence electrons. The Hall–Kier alpha value is -2.47. The van der Waals surface area contributed by atoms with Crippen molar-refractivity contribution in [1.29, 1.82) is 0 Å². The van der Waals surface area contributed by atoms with Crippen molar-refractivity contribution in [2.45, 2.75) is 11.9 Å². The normalized spacial score (nSPS) is 16.9. The van der Waals surface area contributed by atoms with Crippen molar-refractivity contribution in [3.63, 3.8) is 0 Å². The van der Waals surface area contributed by atoms with E-state index in [2.05, 4.69) is 4.99 Å². The quantitative estimate of drug-likeness (QED) is 0.882. The maximum atomic E-state index is 11.0. The zero-order valence-corrected chi connectivity index (χ0v) is 13.0. The smallest absolute Gasteiger partial charge is 0.318 e. The Morgan fingerprint density at radius 1 is 1.26 bits per heavy atom. The lowest BCUT2D eigenvalue weighted by Gasteiger charge is -2.09. The van der Waals surface area contributed by atoms with E-state index in [4.69, 9.17) is 9.84 Å². The number of ether oxygens (including phenoxy) is 1. The van der Waals surface area contributed by atoms with Crippen LogP contribution in [0.25, 0.3) is 0 Å². The highest BCUT2D eigenvalue weighted by Crippen LogP contribution is 2.32. The Balaban J connectivity index is 1.68. The van der Waals surface area contributed by atoms with Crippen LogP contribution in [0.4, 0.5) is 0 Å². The van der Waals surface area contributed by atoms with Gasteiger partial charge in [-0.05, 0) is 17.7 Å². The average molecular weight is 329 g/mol. The highest BCUT2D eigenvalue weighted by atomic mass is 32.2. The molecule has 0 bridgehead atoms. The summed E-state index contributed by atoms with van der Waals surface area (Å²) in [5.74, 6) is -0.308. The number of aliphatic carboxylic acids is 1. The zero-order valence-electron chi connectivity index (χ0n) is 12.2. The van der Waals surface area contributed by atoms with E-state index in [0.29, 0.717) is 23.0 Å². The maximum absolute atomic E-state index is 11.0. The van der Waals surface area contributed by atoms with E-state index in [9.17, 15) is 9.90 Å². The molecule has 0 fully saturated rings. The molecule has 0 spiro atoms. The molecule has 1 unspecified atom stereocenters. The van der Waals surface area contributed by atoms with E-state index in [1.165, 1.54) is 6.07 Å². The molecule has 0 aromatic heterocycles. The van der Waals surface area contributed by atoms with Gasteiger partial charge in [0.15, 0.2) is 0 Å². The van der Waals surface area contributed by atoms with E-state index in [0.717, 1.165) is 17.3 Å². The number of rotatable bonds is 5. The number of carbonyl (C=O) groups is 1. The first-order chi connectivity index (χ1) is 11.1. The fourth-order valence-corrected chi connectivity index (χ4v) is 3.14. The number of hydrogen-bond donors (Lipinski definition) is 2. The van der Waals surface area contributed by atoms with Gasteiger partial charge in [-0.3, -0.25) is 9.79 Å². The summed E-state index contributed by atoms with van der Waals surface area (Å²) in [6, 6.07) is 14.7. The topological polar surface area (TPSA) is 79.1 Å². The Bertz CT molecular complexity index is 746. The Morgan fingerprint density at radius 2 is 2.04 bits per heavy atom. The molecule has 2 aromatic carbocycles. The number of aliphatic imine (C=N–C) groups is 1. The molecule has 0 aliphatic carbocycles. The van der Waals surface area contributed by atoms with Crippen molar-refractivity contribution in [1.82, 2.24) is 0 Å². The lowest BCUT2D eigenvalue weighted by molar-refractivity contribution is -0.136. The summed E-state index contributed by atoms with van der Waals surface area (Å²) >= 11 is 1.15. The van der Waals surface area contributed by atoms with E-state index >= 15 is 0 Å². The Kier molecular flexibility index (Phi) is 4.52. The predicted molar refractivity (Wildman–Crippen MR) is 89.3 cm³/mol. The first kappa shape index (κ1) is 15.4. The van der Waals surface area contributed by atoms with Crippen molar-refractivity contribution < 1.29 is 19.7 Å². The first-order valence-electron chi connectivity index (χ1n) is 7.07. The highest BCUT2D eigenvalue weighted by Gasteiger charge is 2.27. The molecule has 6 heteroatoms. The second-order valence-corrected chi connectivity index (χ2v) is 6.24. The van der Waals surface area contributed by atoms with Crippen LogP contribution >= 0.6 is 11.8 Å². The van der Waals surface area contributed by atoms with Gasteiger partial charge in [-0.15, -0.1) is 0 Å². The molecule has 23 heavy (non-hydrogen) atoms. The van der Waals surface area contributed by atoms with Gasteiger partial charge in [0.1, 0.15) is 28.4 Å². The van der Waals surface area contributed by atoms with Crippen molar-refractivity contribution in [3.8, 4) is 11.5 Å². The first-order valence-corrected chi connectivity index (χ1v) is 7.95. The molecule has 1 aliphatic rings. The molecule has 0 saturated heterocycles. The Morgan fingerprint density at radius 3 is 2.70 bits per heavy atom. The number of phenolic OH excluding ortho intramolecular Hbond substituents is 1. The number of hydrogen-bond acceptors (Lipinski definition) is 5. The zero-order chi connectivity index (χ0) is 16.2. The van der Waals surface area contributed by atoms with E-state index < -0.39 is 11.2 Å². The number of aromatic hydroxyl groups is 1. The summed E-state index contributed by atoms with van der Waals surface area (Å²) in [5, 5.41) is 19.1. The molecule has 5 nitrogen and oxygen atoms in total. The third-order valence-corrected chi connectivity index (χ3v) is 4.59. The van der Waals surface area contributed by atoms with Gasteiger partial charge in [0.25, 0.3) is 0 Å². The summed E-state index contributed by atoms with van der Waals surface area (Å²) < 4.78 is 5.65. The van der Waals surface area contributed by atoms with Crippen molar-refractivity contribution in [2.24, 2.45) is 4.99 Å². The minimum absolute atomic E-state index is 0.0350. The molecule has 0 saturated carbocycles. The fraction of sp³-hybridized carbons (Fsp3) is 0.176. The molecular weight excluding hydrogens is 314 g/mol. The van der Waals surface area contributed by atoms with Gasteiger partial charge < -0.3 is 14.9 Å². The Labute approximate surface area is 137 Å². The predicted octanol–water partition coefficient (Wildman–Crippen LogP) is 2.92. The van der Waals surface area contributed by atoms with Gasteiger partial charge in [0.2, 0.25) is 0 Å². The van der Waals surface area contributed by atoms with Crippen molar-refractivity contribution >= 4 is 22.8 Å². The number of nitrogens with zero attached hydrogens (tertiary/aromatic N) is 1. The lowest BCUT2D eigenvalue weighted by Crippen LogP contribution is -2.16. The molecule has 3 rings (SSSR count). The molecule has 0 radical (unpaired) electrons. The standard InChI is InChI=1S/C17H15NO4S/c19-14-8-12(22-10-11-4-2-1-3-5-11)6-7-13(14)16-18-9-15(23-16)17(20)21/h1-8,15,19H,9-10H2,(H,20,21). The third-order valence-electron chi connectivity index (χ3n) is 3.38. The number of carboxylic acid groups (broad SMARTS) is 1. The van der Waals surface area contributed by atoms with Gasteiger partial charge in [0.05, 0.1) is 6.54 Å². The van der Waals surface area contributed by atoms with Crippen LogP contribution < -0.4 is 4.74 Å². The third kappa shape index (κ3) is 3.65. The van der Waals surface area contributed by atoms with Crippen LogP contribution in [0, 0.1) is 0 Å². The van der Waals surface area contributed by atoms with E-state index in [1.807, 2.05) is 30.3 Å². The summed E-state index contributed by atoms with van der Waals surface area (Å²) in [6.07, 6.45) is 0. The van der Waals surface area contributed by atoms with Crippen molar-refractivity contribution in [3.05, 3.63) is 59.7 Å². The van der Waals surface area contributed by atoms with Crippen LogP contribution in [0.5, 0.6) is 11.5 Å². The van der Waals surface area contributed by atoms with Gasteiger partial charge in [0, 0.05) is 11.6 Å². The summed E-state index contributed by atoms with van der Waals surface area (Å²) in [5.41, 5.74) is 1.57. The molecule has 1 atom stereocenters. The van der Waals surface area contributed by atoms with Gasteiger partial charge >= 0.3 is 5.97 Å². The lowest BCUT2D eigenvalue weighted by atomic mass is 10.2. The van der Waals surface area contributed by atoms with Crippen LogP contribution in [-0.2, 0) is 11.4 Å². The summed E-state index contributed by atoms with van der Waals surface area (Å²) in [7, 11) is 0. The molecule has 2 N–H and O–H groups in total. The van der Waals surface area contributed by atoms with Crippen LogP contribution in [0.2, 0.25) is 0 Å². The number of thioether (sulfide) groups is 1. The van der Waals surface area contributed by atoms with Crippen LogP contribution in [0.1, 0.15) is 11.1 Å². The van der Waals surface area contributed by atoms with E-state index in [-0.39, 0.29) is 12.3 Å². The second kappa shape index (κ2) is 6.75. The molecular formula is C17H15NO4S. The number of phenols is 1. The summed E-state index contributed by atoms with van der Waals surface area (Å²) in [6.45, 7) is 0.636. The SMILES string of the molecule is O=C(O)C1CN=C(c2ccc(OCc3ccccc3)cc2O)S1. The molecule has 1 heterocycles. The number of carboxylic acids is 1. The molecule has 1 aliphatic heterocycles. The van der Waals surface area contributed by atoms with Crippen LogP contribution in [0.15, 0.2) is 53.5 Å². The number of benzene rings is 2. The van der Waals surface area contributed by atoms with Crippen molar-refractivity contribution in [2.75, 3.05) is 6.54 Å². The van der Waals surface area contributed by atoms with Crippen LogP contribution in [-0.4, -0.2) is 33.0 Å². The van der Waals surface area contributed by atoms with Gasteiger partial charge in [-0.2, -0.15) is 0 Å². The fourth-order valence-electron chi connectivity index (χ4n) is 2.18. The monoisotopic (exact) mass is 329 g/mol. The summed E-state index contributed by atoms with van der Waals surface area (Å²) in [4.78, 5) is 15.2. The highest BCUT2D eigenvalue weighted by molar-refractivity contribution is 8.15. The minimum Gasteiger partial charge on any atom is -0.507 e. The average Bonchev–Trinajstić information content (AvgIpc) is 3.04. The molecule has 2 aromatic rings. The second-order valence-electron chi connectivity index (χ2n) is 5.04.